The van der Waals surface area contributed by atoms with E-state index in [0.717, 1.165) is 10.9 Å². The first-order valence-corrected chi connectivity index (χ1v) is 9.81. The standard InChI is InChI=1S/C23H18N6O2/c30-22(10-11-28-15-26-18-7-3-2-6-17(18)23(28)31)27-20-13-21(25-14-24-20)29-12-9-16-5-1-4-8-19(16)29/h1-9,12-15H,10-11H2,(H,24,25,27,30). The summed E-state index contributed by atoms with van der Waals surface area (Å²) in [6.45, 7) is 0.225. The molecule has 152 valence electrons. The van der Waals surface area contributed by atoms with Crippen molar-refractivity contribution in [2.45, 2.75) is 13.0 Å². The van der Waals surface area contributed by atoms with Gasteiger partial charge in [-0.3, -0.25) is 14.2 Å². The van der Waals surface area contributed by atoms with Crippen molar-refractivity contribution in [3.05, 3.63) is 89.9 Å². The van der Waals surface area contributed by atoms with E-state index >= 15 is 0 Å². The first-order valence-electron chi connectivity index (χ1n) is 9.81. The summed E-state index contributed by atoms with van der Waals surface area (Å²) in [5.74, 6) is 0.806. The largest absolute Gasteiger partial charge is 0.310 e. The predicted octanol–water partition coefficient (Wildman–Crippen LogP) is 3.16. The van der Waals surface area contributed by atoms with E-state index in [0.29, 0.717) is 22.5 Å². The van der Waals surface area contributed by atoms with Crippen molar-refractivity contribution in [2.75, 3.05) is 5.32 Å². The highest BCUT2D eigenvalue weighted by Gasteiger charge is 2.09. The number of anilines is 1. The number of benzene rings is 2. The van der Waals surface area contributed by atoms with Crippen LogP contribution in [0.2, 0.25) is 0 Å². The Morgan fingerprint density at radius 2 is 1.81 bits per heavy atom. The summed E-state index contributed by atoms with van der Waals surface area (Å²) in [6, 6.07) is 18.8. The second kappa shape index (κ2) is 7.83. The van der Waals surface area contributed by atoms with Gasteiger partial charge in [0.2, 0.25) is 5.91 Å². The molecule has 3 heterocycles. The normalized spacial score (nSPS) is 11.1. The molecule has 1 amide bonds. The highest BCUT2D eigenvalue weighted by molar-refractivity contribution is 5.90. The van der Waals surface area contributed by atoms with Crippen LogP contribution in [0.4, 0.5) is 5.82 Å². The average Bonchev–Trinajstić information content (AvgIpc) is 3.23. The number of hydrogen-bond acceptors (Lipinski definition) is 5. The molecule has 0 aliphatic rings. The summed E-state index contributed by atoms with van der Waals surface area (Å²) >= 11 is 0. The Morgan fingerprint density at radius 3 is 2.74 bits per heavy atom. The predicted molar refractivity (Wildman–Crippen MR) is 118 cm³/mol. The van der Waals surface area contributed by atoms with Gasteiger partial charge in [-0.25, -0.2) is 15.0 Å². The first kappa shape index (κ1) is 18.7. The van der Waals surface area contributed by atoms with Crippen LogP contribution < -0.4 is 10.9 Å². The van der Waals surface area contributed by atoms with E-state index in [2.05, 4.69) is 20.3 Å². The summed E-state index contributed by atoms with van der Waals surface area (Å²) in [6.07, 6.45) is 4.93. The maximum Gasteiger partial charge on any atom is 0.261 e. The van der Waals surface area contributed by atoms with Crippen LogP contribution in [-0.2, 0) is 11.3 Å². The quantitative estimate of drug-likeness (QED) is 0.480. The monoisotopic (exact) mass is 410 g/mol. The van der Waals surface area contributed by atoms with E-state index in [1.165, 1.54) is 17.2 Å². The zero-order valence-corrected chi connectivity index (χ0v) is 16.5. The summed E-state index contributed by atoms with van der Waals surface area (Å²) in [7, 11) is 0. The number of amides is 1. The van der Waals surface area contributed by atoms with Crippen LogP contribution in [0.25, 0.3) is 27.6 Å². The number of carbonyl (C=O) groups excluding carboxylic acids is 1. The Kier molecular flexibility index (Phi) is 4.72. The summed E-state index contributed by atoms with van der Waals surface area (Å²) in [5.41, 5.74) is 1.49. The molecule has 0 unspecified atom stereocenters. The molecule has 3 aromatic heterocycles. The molecule has 0 fully saturated rings. The van der Waals surface area contributed by atoms with E-state index in [1.54, 1.807) is 24.3 Å². The number of para-hydroxylation sites is 2. The highest BCUT2D eigenvalue weighted by atomic mass is 16.2. The number of carbonyl (C=O) groups is 1. The molecule has 0 radical (unpaired) electrons. The van der Waals surface area contributed by atoms with Crippen LogP contribution in [0.5, 0.6) is 0 Å². The molecule has 0 bridgehead atoms. The third-order valence-corrected chi connectivity index (χ3v) is 5.08. The van der Waals surface area contributed by atoms with Gasteiger partial charge >= 0.3 is 0 Å². The number of rotatable bonds is 5. The molecule has 0 aliphatic carbocycles. The third kappa shape index (κ3) is 3.66. The van der Waals surface area contributed by atoms with Crippen molar-refractivity contribution >= 4 is 33.5 Å². The molecule has 1 N–H and O–H groups in total. The topological polar surface area (TPSA) is 94.7 Å². The molecule has 5 rings (SSSR count). The number of fused-ring (bicyclic) bond motifs is 2. The number of aryl methyl sites for hydroxylation is 1. The van der Waals surface area contributed by atoms with Gasteiger partial charge in [0.1, 0.15) is 18.0 Å². The van der Waals surface area contributed by atoms with E-state index in [9.17, 15) is 9.59 Å². The van der Waals surface area contributed by atoms with Crippen molar-refractivity contribution in [3.8, 4) is 5.82 Å². The van der Waals surface area contributed by atoms with Gasteiger partial charge in [-0.05, 0) is 29.7 Å². The Morgan fingerprint density at radius 1 is 0.968 bits per heavy atom. The minimum absolute atomic E-state index is 0.117. The van der Waals surface area contributed by atoms with Crippen LogP contribution >= 0.6 is 0 Å². The van der Waals surface area contributed by atoms with Crippen molar-refractivity contribution in [2.24, 2.45) is 0 Å². The van der Waals surface area contributed by atoms with Crippen LogP contribution in [0.3, 0.4) is 0 Å². The molecule has 8 heteroatoms. The maximum atomic E-state index is 12.6. The number of hydrogen-bond donors (Lipinski definition) is 1. The lowest BCUT2D eigenvalue weighted by Crippen LogP contribution is -2.23. The minimum atomic E-state index is -0.248. The zero-order chi connectivity index (χ0) is 21.2. The van der Waals surface area contributed by atoms with Crippen molar-refractivity contribution in [1.29, 1.82) is 0 Å². The molecule has 8 nitrogen and oxygen atoms in total. The Labute approximate surface area is 176 Å². The Hall–Kier alpha value is -4.33. The molecule has 0 aliphatic heterocycles. The lowest BCUT2D eigenvalue weighted by molar-refractivity contribution is -0.116. The third-order valence-electron chi connectivity index (χ3n) is 5.08. The van der Waals surface area contributed by atoms with Crippen LogP contribution in [-0.4, -0.2) is 30.0 Å². The van der Waals surface area contributed by atoms with E-state index in [-0.39, 0.29) is 24.4 Å². The molecule has 5 aromatic rings. The van der Waals surface area contributed by atoms with Crippen molar-refractivity contribution in [1.82, 2.24) is 24.1 Å². The molecule has 0 atom stereocenters. The molecule has 0 saturated carbocycles. The van der Waals surface area contributed by atoms with Gasteiger partial charge in [-0.2, -0.15) is 0 Å². The highest BCUT2D eigenvalue weighted by Crippen LogP contribution is 2.20. The molecule has 2 aromatic carbocycles. The van der Waals surface area contributed by atoms with Gasteiger partial charge in [-0.15, -0.1) is 0 Å². The SMILES string of the molecule is O=C(CCn1cnc2ccccc2c1=O)Nc1cc(-n2ccc3ccccc32)ncn1. The lowest BCUT2D eigenvalue weighted by atomic mass is 10.2. The summed E-state index contributed by atoms with van der Waals surface area (Å²) in [4.78, 5) is 37.7. The Balaban J connectivity index is 1.31. The van der Waals surface area contributed by atoms with Crippen LogP contribution in [0.1, 0.15) is 6.42 Å². The summed E-state index contributed by atoms with van der Waals surface area (Å²) < 4.78 is 3.38. The van der Waals surface area contributed by atoms with E-state index in [4.69, 9.17) is 0 Å². The van der Waals surface area contributed by atoms with Crippen LogP contribution in [0, 0.1) is 0 Å². The molecule has 0 saturated heterocycles. The van der Waals surface area contributed by atoms with E-state index in [1.807, 2.05) is 47.2 Å². The fraction of sp³-hybridized carbons (Fsp3) is 0.0870. The molecule has 0 spiro atoms. The van der Waals surface area contributed by atoms with Gasteiger partial charge in [0, 0.05) is 25.2 Å². The van der Waals surface area contributed by atoms with Gasteiger partial charge in [-0.1, -0.05) is 30.3 Å². The van der Waals surface area contributed by atoms with Gasteiger partial charge in [0.05, 0.1) is 22.7 Å². The fourth-order valence-corrected chi connectivity index (χ4v) is 3.52. The van der Waals surface area contributed by atoms with Gasteiger partial charge in [0.15, 0.2) is 0 Å². The van der Waals surface area contributed by atoms with Crippen molar-refractivity contribution < 1.29 is 4.79 Å². The maximum absolute atomic E-state index is 12.6. The molecular formula is C23H18N6O2. The summed E-state index contributed by atoms with van der Waals surface area (Å²) in [5, 5.41) is 4.41. The smallest absolute Gasteiger partial charge is 0.261 e. The second-order valence-electron chi connectivity index (χ2n) is 7.06. The zero-order valence-electron chi connectivity index (χ0n) is 16.5. The number of nitrogens with zero attached hydrogens (tertiary/aromatic N) is 5. The van der Waals surface area contributed by atoms with Crippen molar-refractivity contribution in [3.63, 3.8) is 0 Å². The first-order chi connectivity index (χ1) is 15.2. The van der Waals surface area contributed by atoms with E-state index < -0.39 is 0 Å². The van der Waals surface area contributed by atoms with Crippen LogP contribution in [0.15, 0.2) is 84.3 Å². The Bertz CT molecular complexity index is 1470. The van der Waals surface area contributed by atoms with Gasteiger partial charge in [0.25, 0.3) is 5.56 Å². The number of aromatic nitrogens is 5. The molecule has 31 heavy (non-hydrogen) atoms. The average molecular weight is 410 g/mol. The fourth-order valence-electron chi connectivity index (χ4n) is 3.52. The number of nitrogens with one attached hydrogen (secondary N) is 1. The molecular weight excluding hydrogens is 392 g/mol. The van der Waals surface area contributed by atoms with Gasteiger partial charge < -0.3 is 9.88 Å². The minimum Gasteiger partial charge on any atom is -0.310 e. The lowest BCUT2D eigenvalue weighted by Gasteiger charge is -2.09. The second-order valence-corrected chi connectivity index (χ2v) is 7.06.